The Labute approximate surface area is 125 Å². The monoisotopic (exact) mass is 343 g/mol. The van der Waals surface area contributed by atoms with E-state index in [2.05, 4.69) is 26.6 Å². The lowest BCUT2D eigenvalue weighted by molar-refractivity contribution is 0.0210. The number of hydrogen-bond donors (Lipinski definition) is 2. The number of anilines is 1. The number of nitrogens with zero attached hydrogens (tertiary/aromatic N) is 1. The number of nitrogens with one attached hydrogen (secondary N) is 2. The maximum Gasteiger partial charge on any atom is 0.319 e. The second-order valence-corrected chi connectivity index (χ2v) is 5.66. The highest BCUT2D eigenvalue weighted by atomic mass is 79.9. The van der Waals surface area contributed by atoms with Crippen molar-refractivity contribution in [2.45, 2.75) is 38.5 Å². The molecule has 2 amide bonds. The average molecular weight is 344 g/mol. The predicted octanol–water partition coefficient (Wildman–Crippen LogP) is 1.93. The zero-order chi connectivity index (χ0) is 14.7. The third-order valence-electron chi connectivity index (χ3n) is 3.41. The lowest BCUT2D eigenvalue weighted by atomic mass is 9.89. The molecule has 20 heavy (non-hydrogen) atoms. The Hall–Kier alpha value is -1.34. The zero-order valence-electron chi connectivity index (χ0n) is 11.5. The zero-order valence-corrected chi connectivity index (χ0v) is 13.1. The van der Waals surface area contributed by atoms with E-state index in [1.54, 1.807) is 19.5 Å². The van der Waals surface area contributed by atoms with Gasteiger partial charge in [-0.3, -0.25) is 4.79 Å². The Morgan fingerprint density at radius 3 is 2.80 bits per heavy atom. The third kappa shape index (κ3) is 3.40. The van der Waals surface area contributed by atoms with Crippen molar-refractivity contribution in [3.8, 4) is 0 Å². The van der Waals surface area contributed by atoms with Crippen molar-refractivity contribution >= 4 is 27.6 Å². The number of aryl methyl sites for hydroxylation is 1. The highest BCUT2D eigenvalue weighted by Crippen LogP contribution is 2.22. The van der Waals surface area contributed by atoms with Gasteiger partial charge in [-0.15, -0.1) is 0 Å². The molecule has 1 saturated carbocycles. The molecule has 2 rings (SSSR count). The maximum atomic E-state index is 11.9. The first kappa shape index (κ1) is 15.1. The minimum atomic E-state index is -0.359. The van der Waals surface area contributed by atoms with Crippen LogP contribution in [0.3, 0.4) is 0 Å². The molecule has 7 heteroatoms. The molecule has 1 aliphatic carbocycles. The summed E-state index contributed by atoms with van der Waals surface area (Å²) >= 11 is 3.20. The van der Waals surface area contributed by atoms with Crippen molar-refractivity contribution < 1.29 is 9.53 Å². The molecular weight excluding hydrogens is 326 g/mol. The second-order valence-electron chi connectivity index (χ2n) is 4.80. The fourth-order valence-electron chi connectivity index (χ4n) is 2.09. The summed E-state index contributed by atoms with van der Waals surface area (Å²) in [4.78, 5) is 23.8. The third-order valence-corrected chi connectivity index (χ3v) is 3.98. The normalized spacial score (nSPS) is 21.1. The summed E-state index contributed by atoms with van der Waals surface area (Å²) in [5, 5.41) is 5.42. The fraction of sp³-hybridized carbons (Fsp3) is 0.538. The Morgan fingerprint density at radius 2 is 2.20 bits per heavy atom. The number of carbonyl (C=O) groups is 1. The number of ether oxygens (including phenoxy) is 1. The average Bonchev–Trinajstić information content (AvgIpc) is 2.38. The Bertz CT molecular complexity index is 552. The molecule has 0 saturated heterocycles. The van der Waals surface area contributed by atoms with Crippen molar-refractivity contribution in [3.63, 3.8) is 0 Å². The van der Waals surface area contributed by atoms with Crippen molar-refractivity contribution in [1.82, 2.24) is 9.88 Å². The van der Waals surface area contributed by atoms with E-state index < -0.39 is 0 Å². The molecule has 0 aliphatic heterocycles. The van der Waals surface area contributed by atoms with Crippen LogP contribution in [0, 0.1) is 0 Å². The number of rotatable bonds is 4. The summed E-state index contributed by atoms with van der Waals surface area (Å²) in [5.41, 5.74) is 0.0366. The minimum Gasteiger partial charge on any atom is -0.381 e. The van der Waals surface area contributed by atoms with Crippen molar-refractivity contribution in [2.75, 3.05) is 12.4 Å². The largest absolute Gasteiger partial charge is 0.381 e. The van der Waals surface area contributed by atoms with E-state index in [-0.39, 0.29) is 29.3 Å². The van der Waals surface area contributed by atoms with Crippen molar-refractivity contribution in [3.05, 3.63) is 27.1 Å². The van der Waals surface area contributed by atoms with Gasteiger partial charge in [-0.2, -0.15) is 0 Å². The number of pyridine rings is 1. The predicted molar refractivity (Wildman–Crippen MR) is 80.0 cm³/mol. The lowest BCUT2D eigenvalue weighted by Gasteiger charge is -2.34. The number of amides is 2. The number of hydrogen-bond acceptors (Lipinski definition) is 3. The van der Waals surface area contributed by atoms with Gasteiger partial charge < -0.3 is 19.9 Å². The molecule has 1 aromatic heterocycles. The number of urea groups is 1. The molecular formula is C13H18BrN3O3. The van der Waals surface area contributed by atoms with Gasteiger partial charge in [-0.05, 0) is 35.7 Å². The van der Waals surface area contributed by atoms with Crippen molar-refractivity contribution in [1.29, 1.82) is 0 Å². The van der Waals surface area contributed by atoms with E-state index in [1.807, 2.05) is 11.5 Å². The van der Waals surface area contributed by atoms with Gasteiger partial charge in [0.15, 0.2) is 0 Å². The van der Waals surface area contributed by atoms with E-state index in [0.29, 0.717) is 11.0 Å². The van der Waals surface area contributed by atoms with Crippen LogP contribution in [0.15, 0.2) is 21.7 Å². The molecule has 1 fully saturated rings. The van der Waals surface area contributed by atoms with Crippen molar-refractivity contribution in [2.24, 2.45) is 0 Å². The quantitative estimate of drug-likeness (QED) is 0.877. The van der Waals surface area contributed by atoms with Gasteiger partial charge in [-0.1, -0.05) is 0 Å². The van der Waals surface area contributed by atoms with Gasteiger partial charge >= 0.3 is 6.03 Å². The van der Waals surface area contributed by atoms with Crippen LogP contribution in [-0.2, 0) is 11.3 Å². The van der Waals surface area contributed by atoms with Crippen LogP contribution in [0.5, 0.6) is 0 Å². The van der Waals surface area contributed by atoms with Gasteiger partial charge in [0.2, 0.25) is 5.43 Å². The first-order chi connectivity index (χ1) is 9.53. The number of aromatic nitrogens is 1. The van der Waals surface area contributed by atoms with E-state index in [1.165, 1.54) is 0 Å². The van der Waals surface area contributed by atoms with Crippen LogP contribution in [0.2, 0.25) is 0 Å². The maximum absolute atomic E-state index is 11.9. The molecule has 0 aromatic carbocycles. The summed E-state index contributed by atoms with van der Waals surface area (Å²) in [6.07, 6.45) is 5.17. The van der Waals surface area contributed by atoms with Crippen LogP contribution in [-0.4, -0.2) is 29.9 Å². The van der Waals surface area contributed by atoms with Gasteiger partial charge in [0.25, 0.3) is 0 Å². The standard InChI is InChI=1S/C13H18BrN3O3/c1-3-17-6-10(14)12(18)11(7-17)16-13(19)15-8-4-9(5-8)20-2/h6-9H,3-5H2,1-2H3,(H2,15,16,19). The van der Waals surface area contributed by atoms with Gasteiger partial charge in [0.1, 0.15) is 5.69 Å². The Balaban J connectivity index is 1.97. The minimum absolute atomic E-state index is 0.112. The number of carbonyl (C=O) groups excluding carboxylic acids is 1. The first-order valence-electron chi connectivity index (χ1n) is 6.53. The molecule has 0 spiro atoms. The van der Waals surface area contributed by atoms with E-state index in [4.69, 9.17) is 4.74 Å². The lowest BCUT2D eigenvalue weighted by Crippen LogP contribution is -2.49. The first-order valence-corrected chi connectivity index (χ1v) is 7.32. The van der Waals surface area contributed by atoms with Crippen LogP contribution < -0.4 is 16.1 Å². The van der Waals surface area contributed by atoms with Crippen LogP contribution in [0.1, 0.15) is 19.8 Å². The SMILES string of the molecule is CCn1cc(Br)c(=O)c(NC(=O)NC2CC(OC)C2)c1. The topological polar surface area (TPSA) is 72.4 Å². The van der Waals surface area contributed by atoms with E-state index >= 15 is 0 Å². The van der Waals surface area contributed by atoms with Crippen LogP contribution >= 0.6 is 15.9 Å². The summed E-state index contributed by atoms with van der Waals surface area (Å²) in [6.45, 7) is 2.67. The Kier molecular flexibility index (Phi) is 4.82. The molecule has 2 N–H and O–H groups in total. The smallest absolute Gasteiger partial charge is 0.319 e. The Morgan fingerprint density at radius 1 is 1.50 bits per heavy atom. The van der Waals surface area contributed by atoms with Crippen LogP contribution in [0.4, 0.5) is 10.5 Å². The highest BCUT2D eigenvalue weighted by Gasteiger charge is 2.30. The molecule has 0 bridgehead atoms. The fourth-order valence-corrected chi connectivity index (χ4v) is 2.56. The molecule has 1 aromatic rings. The van der Waals surface area contributed by atoms with Gasteiger partial charge in [0.05, 0.1) is 10.6 Å². The van der Waals surface area contributed by atoms with Gasteiger partial charge in [-0.25, -0.2) is 4.79 Å². The van der Waals surface area contributed by atoms with Gasteiger partial charge in [0, 0.05) is 32.1 Å². The summed E-state index contributed by atoms with van der Waals surface area (Å²) < 4.78 is 7.41. The molecule has 1 heterocycles. The molecule has 0 unspecified atom stereocenters. The molecule has 0 atom stereocenters. The molecule has 1 aliphatic rings. The summed E-state index contributed by atoms with van der Waals surface area (Å²) in [5.74, 6) is 0. The number of halogens is 1. The van der Waals surface area contributed by atoms with E-state index in [9.17, 15) is 9.59 Å². The number of methoxy groups -OCH3 is 1. The van der Waals surface area contributed by atoms with Crippen LogP contribution in [0.25, 0.3) is 0 Å². The summed E-state index contributed by atoms with van der Waals surface area (Å²) in [6, 6.07) is -0.247. The summed E-state index contributed by atoms with van der Waals surface area (Å²) in [7, 11) is 1.66. The molecule has 110 valence electrons. The molecule has 0 radical (unpaired) electrons. The molecule has 6 nitrogen and oxygen atoms in total. The highest BCUT2D eigenvalue weighted by molar-refractivity contribution is 9.10. The van der Waals surface area contributed by atoms with E-state index in [0.717, 1.165) is 12.8 Å². The second kappa shape index (κ2) is 6.41.